The summed E-state index contributed by atoms with van der Waals surface area (Å²) in [6.45, 7) is 3.14. The van der Waals surface area contributed by atoms with Crippen molar-refractivity contribution in [3.05, 3.63) is 58.6 Å². The molecule has 2 aromatic carbocycles. The summed E-state index contributed by atoms with van der Waals surface area (Å²) in [4.78, 5) is 25.0. The van der Waals surface area contributed by atoms with Gasteiger partial charge >= 0.3 is 5.97 Å². The summed E-state index contributed by atoms with van der Waals surface area (Å²) in [7, 11) is 0. The molecule has 1 amide bonds. The van der Waals surface area contributed by atoms with Crippen molar-refractivity contribution in [1.82, 2.24) is 20.2 Å². The molecule has 0 bridgehead atoms. The SMILES string of the molecule is Cc1ccc(-c2nnn(CC(=O)OCC(=O)Nc3cc(Cl)ccc3C)n2)cc1. The van der Waals surface area contributed by atoms with E-state index >= 15 is 0 Å². The number of carbonyl (C=O) groups is 2. The Labute approximate surface area is 166 Å². The number of anilines is 1. The highest BCUT2D eigenvalue weighted by Gasteiger charge is 2.13. The number of carbonyl (C=O) groups excluding carboxylic acids is 2. The molecule has 0 aliphatic heterocycles. The molecule has 0 radical (unpaired) electrons. The highest BCUT2D eigenvalue weighted by Crippen LogP contribution is 2.20. The number of aryl methyl sites for hydroxylation is 2. The van der Waals surface area contributed by atoms with Gasteiger partial charge in [0.25, 0.3) is 5.91 Å². The number of hydrogen-bond acceptors (Lipinski definition) is 6. The highest BCUT2D eigenvalue weighted by atomic mass is 35.5. The van der Waals surface area contributed by atoms with Crippen LogP contribution in [0, 0.1) is 13.8 Å². The normalized spacial score (nSPS) is 10.5. The molecule has 1 aromatic heterocycles. The van der Waals surface area contributed by atoms with Crippen LogP contribution in [0.15, 0.2) is 42.5 Å². The maximum atomic E-state index is 12.0. The molecular formula is C19H18ClN5O3. The Bertz CT molecular complexity index is 1000. The topological polar surface area (TPSA) is 99.0 Å². The van der Waals surface area contributed by atoms with Gasteiger partial charge < -0.3 is 10.1 Å². The Morgan fingerprint density at radius 2 is 1.89 bits per heavy atom. The first-order chi connectivity index (χ1) is 13.4. The van der Waals surface area contributed by atoms with Crippen molar-refractivity contribution in [3.63, 3.8) is 0 Å². The first kappa shape index (κ1) is 19.5. The van der Waals surface area contributed by atoms with Gasteiger partial charge in [-0.25, -0.2) is 4.79 Å². The number of ether oxygens (including phenoxy) is 1. The van der Waals surface area contributed by atoms with Crippen molar-refractivity contribution in [1.29, 1.82) is 0 Å². The molecule has 0 atom stereocenters. The predicted octanol–water partition coefficient (Wildman–Crippen LogP) is 2.79. The molecule has 0 unspecified atom stereocenters. The second-order valence-electron chi connectivity index (χ2n) is 6.18. The van der Waals surface area contributed by atoms with Crippen LogP contribution in [0.4, 0.5) is 5.69 Å². The fraction of sp³-hybridized carbons (Fsp3) is 0.211. The smallest absolute Gasteiger partial charge is 0.330 e. The number of benzene rings is 2. The van der Waals surface area contributed by atoms with Gasteiger partial charge in [0, 0.05) is 16.3 Å². The van der Waals surface area contributed by atoms with E-state index in [0.717, 1.165) is 21.5 Å². The summed E-state index contributed by atoms with van der Waals surface area (Å²) < 4.78 is 4.97. The summed E-state index contributed by atoms with van der Waals surface area (Å²) in [5, 5.41) is 15.0. The number of nitrogens with zero attached hydrogens (tertiary/aromatic N) is 4. The monoisotopic (exact) mass is 399 g/mol. The van der Waals surface area contributed by atoms with Crippen LogP contribution in [0.1, 0.15) is 11.1 Å². The molecule has 0 spiro atoms. The van der Waals surface area contributed by atoms with Gasteiger partial charge in [-0.15, -0.1) is 10.2 Å². The average molecular weight is 400 g/mol. The maximum absolute atomic E-state index is 12.0. The third-order valence-electron chi connectivity index (χ3n) is 3.87. The molecule has 3 aromatic rings. The Morgan fingerprint density at radius 1 is 1.14 bits per heavy atom. The molecule has 8 nitrogen and oxygen atoms in total. The van der Waals surface area contributed by atoms with Gasteiger partial charge in [-0.2, -0.15) is 4.80 Å². The van der Waals surface area contributed by atoms with Crippen molar-refractivity contribution >= 4 is 29.2 Å². The molecular weight excluding hydrogens is 382 g/mol. The minimum absolute atomic E-state index is 0.248. The molecule has 28 heavy (non-hydrogen) atoms. The van der Waals surface area contributed by atoms with Crippen molar-refractivity contribution < 1.29 is 14.3 Å². The Hall–Kier alpha value is -3.26. The van der Waals surface area contributed by atoms with Gasteiger partial charge in [0.15, 0.2) is 13.2 Å². The summed E-state index contributed by atoms with van der Waals surface area (Å²) in [6.07, 6.45) is 0. The van der Waals surface area contributed by atoms with E-state index in [1.165, 1.54) is 0 Å². The van der Waals surface area contributed by atoms with Crippen LogP contribution in [0.5, 0.6) is 0 Å². The van der Waals surface area contributed by atoms with Crippen LogP contribution in [-0.2, 0) is 20.9 Å². The van der Waals surface area contributed by atoms with Gasteiger partial charge in [-0.3, -0.25) is 4.79 Å². The van der Waals surface area contributed by atoms with E-state index in [1.54, 1.807) is 18.2 Å². The van der Waals surface area contributed by atoms with Gasteiger partial charge in [0.05, 0.1) is 0 Å². The summed E-state index contributed by atoms with van der Waals surface area (Å²) in [5.74, 6) is -0.710. The maximum Gasteiger partial charge on any atom is 0.330 e. The van der Waals surface area contributed by atoms with E-state index in [0.29, 0.717) is 16.5 Å². The zero-order valence-electron chi connectivity index (χ0n) is 15.3. The van der Waals surface area contributed by atoms with Crippen LogP contribution in [0.3, 0.4) is 0 Å². The first-order valence-electron chi connectivity index (χ1n) is 8.47. The lowest BCUT2D eigenvalue weighted by Crippen LogP contribution is -2.24. The average Bonchev–Trinajstić information content (AvgIpc) is 3.12. The molecule has 9 heteroatoms. The quantitative estimate of drug-likeness (QED) is 0.640. The Balaban J connectivity index is 1.51. The number of halogens is 1. The zero-order valence-corrected chi connectivity index (χ0v) is 16.1. The molecule has 0 aliphatic rings. The molecule has 1 N–H and O–H groups in total. The number of amides is 1. The third-order valence-corrected chi connectivity index (χ3v) is 4.11. The minimum atomic E-state index is -0.647. The Morgan fingerprint density at radius 3 is 2.64 bits per heavy atom. The lowest BCUT2D eigenvalue weighted by atomic mass is 10.1. The van der Waals surface area contributed by atoms with Crippen molar-refractivity contribution in [2.24, 2.45) is 0 Å². The van der Waals surface area contributed by atoms with Gasteiger partial charge in [-0.1, -0.05) is 47.5 Å². The van der Waals surface area contributed by atoms with Gasteiger partial charge in [0.2, 0.25) is 5.82 Å². The van der Waals surface area contributed by atoms with E-state index in [9.17, 15) is 9.59 Å². The van der Waals surface area contributed by atoms with E-state index in [4.69, 9.17) is 16.3 Å². The Kier molecular flexibility index (Phi) is 6.00. The molecule has 0 aliphatic carbocycles. The van der Waals surface area contributed by atoms with Crippen LogP contribution in [-0.4, -0.2) is 38.7 Å². The number of hydrogen-bond donors (Lipinski definition) is 1. The van der Waals surface area contributed by atoms with E-state index in [1.807, 2.05) is 38.1 Å². The summed E-state index contributed by atoms with van der Waals surface area (Å²) in [6, 6.07) is 12.8. The highest BCUT2D eigenvalue weighted by molar-refractivity contribution is 6.31. The third kappa shape index (κ3) is 5.14. The van der Waals surface area contributed by atoms with E-state index < -0.39 is 18.5 Å². The van der Waals surface area contributed by atoms with Crippen molar-refractivity contribution in [3.8, 4) is 11.4 Å². The summed E-state index contributed by atoms with van der Waals surface area (Å²) in [5.41, 5.74) is 3.32. The molecule has 0 fully saturated rings. The lowest BCUT2D eigenvalue weighted by molar-refractivity contribution is -0.148. The van der Waals surface area contributed by atoms with Crippen LogP contribution in [0.25, 0.3) is 11.4 Å². The number of rotatable bonds is 6. The number of aromatic nitrogens is 4. The predicted molar refractivity (Wildman–Crippen MR) is 104 cm³/mol. The van der Waals surface area contributed by atoms with Crippen LogP contribution in [0.2, 0.25) is 5.02 Å². The summed E-state index contributed by atoms with van der Waals surface area (Å²) >= 11 is 5.91. The molecule has 0 saturated carbocycles. The van der Waals surface area contributed by atoms with E-state index in [2.05, 4.69) is 20.7 Å². The van der Waals surface area contributed by atoms with E-state index in [-0.39, 0.29) is 6.54 Å². The largest absolute Gasteiger partial charge is 0.454 e. The van der Waals surface area contributed by atoms with Gasteiger partial charge in [-0.05, 0) is 36.8 Å². The number of tetrazole rings is 1. The van der Waals surface area contributed by atoms with Crippen LogP contribution >= 0.6 is 11.6 Å². The lowest BCUT2D eigenvalue weighted by Gasteiger charge is -2.09. The second-order valence-corrected chi connectivity index (χ2v) is 6.61. The fourth-order valence-corrected chi connectivity index (χ4v) is 2.52. The first-order valence-corrected chi connectivity index (χ1v) is 8.85. The molecule has 144 valence electrons. The standard InChI is InChI=1S/C19H18ClN5O3/c1-12-3-6-14(7-4-12)19-22-24-25(23-19)10-18(27)28-11-17(26)21-16-9-15(20)8-5-13(16)2/h3-9H,10-11H2,1-2H3,(H,21,26). The number of nitrogens with one attached hydrogen (secondary N) is 1. The minimum Gasteiger partial charge on any atom is -0.454 e. The zero-order chi connectivity index (χ0) is 20.1. The molecule has 1 heterocycles. The number of esters is 1. The van der Waals surface area contributed by atoms with Gasteiger partial charge in [0.1, 0.15) is 0 Å². The second kappa shape index (κ2) is 8.62. The fourth-order valence-electron chi connectivity index (χ4n) is 2.35. The van der Waals surface area contributed by atoms with Crippen molar-refractivity contribution in [2.45, 2.75) is 20.4 Å². The van der Waals surface area contributed by atoms with Crippen molar-refractivity contribution in [2.75, 3.05) is 11.9 Å². The molecule has 0 saturated heterocycles. The van der Waals surface area contributed by atoms with Crippen LogP contribution < -0.4 is 5.32 Å². The molecule has 3 rings (SSSR count).